The van der Waals surface area contributed by atoms with Gasteiger partial charge in [-0.25, -0.2) is 36.1 Å². The van der Waals surface area contributed by atoms with Gasteiger partial charge in [0.15, 0.2) is 17.3 Å². The summed E-state index contributed by atoms with van der Waals surface area (Å²) in [6.07, 6.45) is 6.18. The van der Waals surface area contributed by atoms with E-state index in [2.05, 4.69) is 36.2 Å². The number of benzene rings is 2. The summed E-state index contributed by atoms with van der Waals surface area (Å²) in [5.41, 5.74) is 2.13. The fourth-order valence-corrected chi connectivity index (χ4v) is 6.50. The van der Waals surface area contributed by atoms with Gasteiger partial charge in [-0.1, -0.05) is 24.3 Å². The second-order valence-electron chi connectivity index (χ2n) is 9.95. The Morgan fingerprint density at radius 2 is 1.73 bits per heavy atom. The molecule has 0 atom stereocenters. The fraction of sp³-hybridized carbons (Fsp3) is 0.0625. The maximum Gasteiger partial charge on any atom is 0.269 e. The van der Waals surface area contributed by atoms with Gasteiger partial charge in [-0.2, -0.15) is 0 Å². The summed E-state index contributed by atoms with van der Waals surface area (Å²) < 4.78 is 56.0. The monoisotopic (exact) mass is 688 g/mol. The van der Waals surface area contributed by atoms with Crippen molar-refractivity contribution in [3.8, 4) is 11.1 Å². The van der Waals surface area contributed by atoms with Crippen molar-refractivity contribution in [1.29, 1.82) is 0 Å². The van der Waals surface area contributed by atoms with E-state index in [4.69, 9.17) is 0 Å². The van der Waals surface area contributed by atoms with E-state index in [0.29, 0.717) is 38.2 Å². The number of carbonyl (C=O) groups excluding carboxylic acids is 1. The van der Waals surface area contributed by atoms with E-state index in [0.717, 1.165) is 16.1 Å². The first-order valence-corrected chi connectivity index (χ1v) is 15.7. The van der Waals surface area contributed by atoms with E-state index < -0.39 is 27.6 Å². The van der Waals surface area contributed by atoms with E-state index in [1.54, 1.807) is 66.7 Å². The van der Waals surface area contributed by atoms with E-state index in [1.807, 2.05) is 0 Å². The number of hydrogen-bond acceptors (Lipinski definition) is 7. The Balaban J connectivity index is 1.35. The summed E-state index contributed by atoms with van der Waals surface area (Å²) in [7, 11) is -2.27. The van der Waals surface area contributed by atoms with Crippen LogP contribution < -0.4 is 10.2 Å². The summed E-state index contributed by atoms with van der Waals surface area (Å²) in [5.74, 6) is -1.73. The van der Waals surface area contributed by atoms with Crippen LogP contribution in [0.5, 0.6) is 0 Å². The van der Waals surface area contributed by atoms with Gasteiger partial charge in [-0.05, 0) is 81.7 Å². The van der Waals surface area contributed by atoms with Crippen molar-refractivity contribution < 1.29 is 22.0 Å². The Morgan fingerprint density at radius 1 is 0.933 bits per heavy atom. The third kappa shape index (κ3) is 5.91. The van der Waals surface area contributed by atoms with Gasteiger partial charge in [0, 0.05) is 53.8 Å². The van der Waals surface area contributed by atoms with Gasteiger partial charge >= 0.3 is 0 Å². The van der Waals surface area contributed by atoms with E-state index >= 15 is 0 Å². The average molecular weight is 690 g/mol. The highest BCUT2D eigenvalue weighted by Gasteiger charge is 2.24. The molecular formula is C32H23BrF2N6O3S. The number of anilines is 2. The van der Waals surface area contributed by atoms with Gasteiger partial charge in [0.25, 0.3) is 15.9 Å². The number of halogens is 3. The number of hydrogen-bond donors (Lipinski definition) is 1. The molecule has 0 fully saturated rings. The van der Waals surface area contributed by atoms with Crippen LogP contribution in [0.2, 0.25) is 0 Å². The smallest absolute Gasteiger partial charge is 0.269 e. The normalized spacial score (nSPS) is 11.5. The number of nitrogens with zero attached hydrogens (tertiary/aromatic N) is 5. The van der Waals surface area contributed by atoms with Crippen LogP contribution in [0.4, 0.5) is 20.4 Å². The van der Waals surface area contributed by atoms with Crippen LogP contribution in [0.3, 0.4) is 0 Å². The number of pyridine rings is 3. The van der Waals surface area contributed by atoms with Gasteiger partial charge in [0.1, 0.15) is 11.6 Å². The third-order valence-corrected chi connectivity index (χ3v) is 9.16. The number of rotatable bonds is 8. The molecule has 2 aromatic carbocycles. The molecule has 0 aliphatic rings. The minimum absolute atomic E-state index is 0.0264. The molecule has 0 bridgehead atoms. The van der Waals surface area contributed by atoms with E-state index in [1.165, 1.54) is 36.8 Å². The lowest BCUT2D eigenvalue weighted by atomic mass is 10.1. The quantitative estimate of drug-likeness (QED) is 0.195. The first-order chi connectivity index (χ1) is 21.6. The summed E-state index contributed by atoms with van der Waals surface area (Å²) in [6, 6.07) is 20.0. The fourth-order valence-electron chi connectivity index (χ4n) is 4.82. The molecule has 1 N–H and O–H groups in total. The predicted molar refractivity (Wildman–Crippen MR) is 170 cm³/mol. The summed E-state index contributed by atoms with van der Waals surface area (Å²) >= 11 is 3.44. The van der Waals surface area contributed by atoms with Crippen LogP contribution in [0.1, 0.15) is 15.9 Å². The molecule has 9 nitrogen and oxygen atoms in total. The lowest BCUT2D eigenvalue weighted by molar-refractivity contribution is 0.0951. The molecule has 4 aromatic heterocycles. The molecule has 45 heavy (non-hydrogen) atoms. The zero-order valence-electron chi connectivity index (χ0n) is 23.5. The largest absolute Gasteiger partial charge is 0.348 e. The van der Waals surface area contributed by atoms with Crippen molar-refractivity contribution in [2.75, 3.05) is 11.9 Å². The van der Waals surface area contributed by atoms with Crippen LogP contribution in [-0.4, -0.2) is 40.3 Å². The number of carbonyl (C=O) groups is 1. The second kappa shape index (κ2) is 12.2. The molecule has 0 spiro atoms. The minimum atomic E-state index is -3.96. The number of amides is 1. The lowest BCUT2D eigenvalue weighted by Crippen LogP contribution is -2.26. The highest BCUT2D eigenvalue weighted by atomic mass is 79.9. The average Bonchev–Trinajstić information content (AvgIpc) is 3.45. The van der Waals surface area contributed by atoms with Gasteiger partial charge < -0.3 is 10.2 Å². The molecule has 4 heterocycles. The molecule has 0 saturated carbocycles. The zero-order valence-corrected chi connectivity index (χ0v) is 25.9. The molecule has 0 aliphatic heterocycles. The Bertz CT molecular complexity index is 2180. The Labute approximate surface area is 265 Å². The molecule has 226 valence electrons. The van der Waals surface area contributed by atoms with E-state index in [9.17, 15) is 22.0 Å². The van der Waals surface area contributed by atoms with Crippen molar-refractivity contribution in [2.24, 2.45) is 0 Å². The highest BCUT2D eigenvalue weighted by Crippen LogP contribution is 2.35. The van der Waals surface area contributed by atoms with Crippen LogP contribution >= 0.6 is 15.9 Å². The first kappa shape index (κ1) is 30.0. The molecule has 0 aliphatic carbocycles. The Morgan fingerprint density at radius 3 is 2.51 bits per heavy atom. The molecule has 0 radical (unpaired) electrons. The van der Waals surface area contributed by atoms with Gasteiger partial charge in [-0.15, -0.1) is 0 Å². The SMILES string of the molecule is CN(c1cc(-c2cn(S(=O)(=O)c3ccccc3)c3ncc(Br)cc23)ccn1)c1ncccc1C(=O)NCc1ccc(F)c(F)c1. The Hall–Kier alpha value is -5.01. The topological polar surface area (TPSA) is 110 Å². The molecule has 13 heteroatoms. The molecule has 0 unspecified atom stereocenters. The molecule has 6 rings (SSSR count). The number of fused-ring (bicyclic) bond motifs is 1. The van der Waals surface area contributed by atoms with Crippen LogP contribution in [-0.2, 0) is 16.6 Å². The standard InChI is InChI=1S/C32H23BrF2N6O3S/c1-40(30-24(8-5-12-37-30)32(42)39-17-20-9-10-27(34)28(35)14-20)29-15-21(11-13-36-29)26-19-41(31-25(26)16-22(33)18-38-31)45(43,44)23-6-3-2-4-7-23/h2-16,18-19H,17H2,1H3,(H,39,42). The lowest BCUT2D eigenvalue weighted by Gasteiger charge is -2.20. The predicted octanol–water partition coefficient (Wildman–Crippen LogP) is 6.47. The summed E-state index contributed by atoms with van der Waals surface area (Å²) in [4.78, 5) is 28.2. The maximum absolute atomic E-state index is 13.6. The highest BCUT2D eigenvalue weighted by molar-refractivity contribution is 9.10. The van der Waals surface area contributed by atoms with Gasteiger partial charge in [-0.3, -0.25) is 4.79 Å². The zero-order chi connectivity index (χ0) is 31.7. The van der Waals surface area contributed by atoms with Crippen molar-refractivity contribution in [3.05, 3.63) is 131 Å². The summed E-state index contributed by atoms with van der Waals surface area (Å²) in [6.45, 7) is -0.0264. The van der Waals surface area contributed by atoms with Crippen molar-refractivity contribution >= 4 is 54.5 Å². The van der Waals surface area contributed by atoms with Crippen LogP contribution in [0.15, 0.2) is 113 Å². The van der Waals surface area contributed by atoms with Crippen molar-refractivity contribution in [2.45, 2.75) is 11.4 Å². The first-order valence-electron chi connectivity index (χ1n) is 13.5. The number of nitrogens with one attached hydrogen (secondary N) is 1. The van der Waals surface area contributed by atoms with Crippen LogP contribution in [0, 0.1) is 11.6 Å². The van der Waals surface area contributed by atoms with Crippen LogP contribution in [0.25, 0.3) is 22.2 Å². The third-order valence-electron chi connectivity index (χ3n) is 7.06. The summed E-state index contributed by atoms with van der Waals surface area (Å²) in [5, 5.41) is 3.31. The number of aromatic nitrogens is 4. The van der Waals surface area contributed by atoms with Gasteiger partial charge in [0.2, 0.25) is 0 Å². The maximum atomic E-state index is 13.6. The van der Waals surface area contributed by atoms with Crippen molar-refractivity contribution in [1.82, 2.24) is 24.2 Å². The molecule has 6 aromatic rings. The van der Waals surface area contributed by atoms with Gasteiger partial charge in [0.05, 0.1) is 10.5 Å². The van der Waals surface area contributed by atoms with E-state index in [-0.39, 0.29) is 22.7 Å². The molecule has 1 amide bonds. The second-order valence-corrected chi connectivity index (χ2v) is 12.7. The van der Waals surface area contributed by atoms with Crippen molar-refractivity contribution in [3.63, 3.8) is 0 Å². The minimum Gasteiger partial charge on any atom is -0.348 e. The molecular weight excluding hydrogens is 666 g/mol. The Kier molecular flexibility index (Phi) is 8.12. The molecule has 0 saturated heterocycles.